The Balaban J connectivity index is 2.08. The molecular formula is C17H21FN2. The smallest absolute Gasteiger partial charge is 0.146 e. The van der Waals surface area contributed by atoms with Crippen LogP contribution in [0.1, 0.15) is 18.9 Å². The number of hydrogen-bond acceptors (Lipinski definition) is 2. The van der Waals surface area contributed by atoms with Gasteiger partial charge in [-0.1, -0.05) is 31.2 Å². The fraction of sp³-hybridized carbons (Fsp3) is 0.294. The summed E-state index contributed by atoms with van der Waals surface area (Å²) < 4.78 is 13.8. The van der Waals surface area contributed by atoms with Crippen LogP contribution >= 0.6 is 0 Å². The molecule has 0 aliphatic carbocycles. The first kappa shape index (κ1) is 14.5. The zero-order valence-corrected chi connectivity index (χ0v) is 12.1. The number of nitrogens with one attached hydrogen (secondary N) is 1. The molecule has 0 atom stereocenters. The molecule has 2 aromatic carbocycles. The largest absolute Gasteiger partial charge is 0.342 e. The van der Waals surface area contributed by atoms with Gasteiger partial charge >= 0.3 is 0 Å². The molecule has 0 unspecified atom stereocenters. The van der Waals surface area contributed by atoms with Crippen LogP contribution in [0.2, 0.25) is 0 Å². The lowest BCUT2D eigenvalue weighted by Gasteiger charge is -2.20. The van der Waals surface area contributed by atoms with Crippen molar-refractivity contribution in [3.05, 3.63) is 59.9 Å². The number of para-hydroxylation sites is 1. The highest BCUT2D eigenvalue weighted by Crippen LogP contribution is 2.25. The second kappa shape index (κ2) is 7.06. The van der Waals surface area contributed by atoms with Crippen LogP contribution < -0.4 is 10.2 Å². The minimum absolute atomic E-state index is 0.205. The third-order valence-corrected chi connectivity index (χ3v) is 3.29. The van der Waals surface area contributed by atoms with Crippen molar-refractivity contribution in [3.63, 3.8) is 0 Å². The summed E-state index contributed by atoms with van der Waals surface area (Å²) in [6.45, 7) is 4.05. The van der Waals surface area contributed by atoms with Crippen LogP contribution in [-0.2, 0) is 6.54 Å². The molecule has 2 rings (SSSR count). The van der Waals surface area contributed by atoms with Gasteiger partial charge in [0.25, 0.3) is 0 Å². The van der Waals surface area contributed by atoms with E-state index >= 15 is 0 Å². The molecule has 0 aliphatic rings. The quantitative estimate of drug-likeness (QED) is 0.797. The van der Waals surface area contributed by atoms with E-state index in [0.29, 0.717) is 5.69 Å². The van der Waals surface area contributed by atoms with Gasteiger partial charge in [0, 0.05) is 19.3 Å². The van der Waals surface area contributed by atoms with Crippen LogP contribution in [0.3, 0.4) is 0 Å². The molecule has 2 aromatic rings. The van der Waals surface area contributed by atoms with Gasteiger partial charge in [0.2, 0.25) is 0 Å². The van der Waals surface area contributed by atoms with Gasteiger partial charge < -0.3 is 10.2 Å². The minimum Gasteiger partial charge on any atom is -0.342 e. The summed E-state index contributed by atoms with van der Waals surface area (Å²) in [7, 11) is 1.88. The lowest BCUT2D eigenvalue weighted by atomic mass is 10.2. The average molecular weight is 272 g/mol. The predicted molar refractivity (Wildman–Crippen MR) is 82.9 cm³/mol. The van der Waals surface area contributed by atoms with Crippen molar-refractivity contribution in [2.45, 2.75) is 19.9 Å². The Labute approximate surface area is 120 Å². The molecule has 0 saturated heterocycles. The zero-order chi connectivity index (χ0) is 14.4. The van der Waals surface area contributed by atoms with E-state index in [1.165, 1.54) is 11.6 Å². The SMILES string of the molecule is CCCNCc1ccc(N(C)c2ccccc2F)cc1. The van der Waals surface area contributed by atoms with Crippen molar-refractivity contribution in [2.75, 3.05) is 18.5 Å². The molecule has 20 heavy (non-hydrogen) atoms. The number of halogens is 1. The van der Waals surface area contributed by atoms with Gasteiger partial charge in [-0.25, -0.2) is 4.39 Å². The Morgan fingerprint density at radius 1 is 1.05 bits per heavy atom. The van der Waals surface area contributed by atoms with E-state index in [2.05, 4.69) is 24.4 Å². The molecule has 0 fully saturated rings. The summed E-state index contributed by atoms with van der Waals surface area (Å²) >= 11 is 0. The van der Waals surface area contributed by atoms with E-state index in [9.17, 15) is 4.39 Å². The van der Waals surface area contributed by atoms with Crippen molar-refractivity contribution in [1.82, 2.24) is 5.32 Å². The summed E-state index contributed by atoms with van der Waals surface area (Å²) in [4.78, 5) is 1.86. The Hall–Kier alpha value is -1.87. The van der Waals surface area contributed by atoms with Crippen LogP contribution in [0.4, 0.5) is 15.8 Å². The van der Waals surface area contributed by atoms with E-state index < -0.39 is 0 Å². The maximum Gasteiger partial charge on any atom is 0.146 e. The molecule has 0 spiro atoms. The van der Waals surface area contributed by atoms with Crippen molar-refractivity contribution in [3.8, 4) is 0 Å². The van der Waals surface area contributed by atoms with Crippen LogP contribution in [0.25, 0.3) is 0 Å². The van der Waals surface area contributed by atoms with Gasteiger partial charge in [-0.3, -0.25) is 0 Å². The first-order valence-corrected chi connectivity index (χ1v) is 7.00. The molecule has 0 radical (unpaired) electrons. The van der Waals surface area contributed by atoms with Gasteiger partial charge in [0.05, 0.1) is 5.69 Å². The van der Waals surface area contributed by atoms with Gasteiger partial charge in [0.15, 0.2) is 0 Å². The van der Waals surface area contributed by atoms with E-state index in [1.54, 1.807) is 12.1 Å². The van der Waals surface area contributed by atoms with E-state index in [4.69, 9.17) is 0 Å². The standard InChI is InChI=1S/C17H21FN2/c1-3-12-19-13-14-8-10-15(11-9-14)20(2)17-7-5-4-6-16(17)18/h4-11,19H,3,12-13H2,1-2H3. The van der Waals surface area contributed by atoms with Crippen LogP contribution in [0.5, 0.6) is 0 Å². The molecule has 0 saturated carbocycles. The van der Waals surface area contributed by atoms with Crippen molar-refractivity contribution >= 4 is 11.4 Å². The molecular weight excluding hydrogens is 251 g/mol. The first-order chi connectivity index (χ1) is 9.72. The van der Waals surface area contributed by atoms with Crippen molar-refractivity contribution < 1.29 is 4.39 Å². The fourth-order valence-corrected chi connectivity index (χ4v) is 2.11. The van der Waals surface area contributed by atoms with Gasteiger partial charge in [-0.15, -0.1) is 0 Å². The second-order valence-corrected chi connectivity index (χ2v) is 4.85. The summed E-state index contributed by atoms with van der Waals surface area (Å²) in [6, 6.07) is 15.0. The number of hydrogen-bond donors (Lipinski definition) is 1. The third-order valence-electron chi connectivity index (χ3n) is 3.29. The average Bonchev–Trinajstić information content (AvgIpc) is 2.48. The third kappa shape index (κ3) is 3.58. The molecule has 0 heterocycles. The normalized spacial score (nSPS) is 10.6. The molecule has 0 amide bonds. The predicted octanol–water partition coefficient (Wildman–Crippen LogP) is 4.09. The summed E-state index contributed by atoms with van der Waals surface area (Å²) in [5.74, 6) is -0.205. The summed E-state index contributed by atoms with van der Waals surface area (Å²) in [5.41, 5.74) is 2.81. The number of nitrogens with zero attached hydrogens (tertiary/aromatic N) is 1. The number of benzene rings is 2. The Morgan fingerprint density at radius 2 is 1.75 bits per heavy atom. The van der Waals surface area contributed by atoms with E-state index in [-0.39, 0.29) is 5.82 Å². The number of anilines is 2. The summed E-state index contributed by atoms with van der Waals surface area (Å²) in [5, 5.41) is 3.37. The Morgan fingerprint density at radius 3 is 2.40 bits per heavy atom. The van der Waals surface area contributed by atoms with E-state index in [1.807, 2.05) is 30.1 Å². The lowest BCUT2D eigenvalue weighted by Crippen LogP contribution is -2.14. The number of rotatable bonds is 6. The molecule has 0 aromatic heterocycles. The molecule has 2 nitrogen and oxygen atoms in total. The molecule has 0 aliphatic heterocycles. The van der Waals surface area contributed by atoms with Crippen LogP contribution in [0, 0.1) is 5.82 Å². The minimum atomic E-state index is -0.205. The Kier molecular flexibility index (Phi) is 5.13. The van der Waals surface area contributed by atoms with Crippen molar-refractivity contribution in [1.29, 1.82) is 0 Å². The topological polar surface area (TPSA) is 15.3 Å². The van der Waals surface area contributed by atoms with Gasteiger partial charge in [-0.2, -0.15) is 0 Å². The fourth-order valence-electron chi connectivity index (χ4n) is 2.11. The highest BCUT2D eigenvalue weighted by atomic mass is 19.1. The van der Waals surface area contributed by atoms with E-state index in [0.717, 1.165) is 25.2 Å². The maximum atomic E-state index is 13.8. The second-order valence-electron chi connectivity index (χ2n) is 4.85. The highest BCUT2D eigenvalue weighted by molar-refractivity contribution is 5.63. The Bertz CT molecular complexity index is 537. The molecule has 106 valence electrons. The van der Waals surface area contributed by atoms with Crippen LogP contribution in [-0.4, -0.2) is 13.6 Å². The maximum absolute atomic E-state index is 13.8. The van der Waals surface area contributed by atoms with Crippen LogP contribution in [0.15, 0.2) is 48.5 Å². The summed E-state index contributed by atoms with van der Waals surface area (Å²) in [6.07, 6.45) is 1.13. The monoisotopic (exact) mass is 272 g/mol. The van der Waals surface area contributed by atoms with Crippen molar-refractivity contribution in [2.24, 2.45) is 0 Å². The molecule has 3 heteroatoms. The zero-order valence-electron chi connectivity index (χ0n) is 12.1. The lowest BCUT2D eigenvalue weighted by molar-refractivity contribution is 0.627. The molecule has 0 bridgehead atoms. The van der Waals surface area contributed by atoms with Gasteiger partial charge in [-0.05, 0) is 42.8 Å². The first-order valence-electron chi connectivity index (χ1n) is 7.00. The highest BCUT2D eigenvalue weighted by Gasteiger charge is 2.08. The molecule has 1 N–H and O–H groups in total. The van der Waals surface area contributed by atoms with Gasteiger partial charge in [0.1, 0.15) is 5.82 Å².